The summed E-state index contributed by atoms with van der Waals surface area (Å²) in [5, 5.41) is 3.73. The number of carbonyl (C=O) groups is 1. The molecule has 0 aromatic heterocycles. The van der Waals surface area contributed by atoms with Gasteiger partial charge in [0.2, 0.25) is 5.91 Å². The summed E-state index contributed by atoms with van der Waals surface area (Å²) in [6.45, 7) is 2.04. The summed E-state index contributed by atoms with van der Waals surface area (Å²) in [5.41, 5.74) is 2.39. The van der Waals surface area contributed by atoms with Crippen LogP contribution in [0.25, 0.3) is 0 Å². The fourth-order valence-corrected chi connectivity index (χ4v) is 2.83. The van der Waals surface area contributed by atoms with E-state index in [9.17, 15) is 4.79 Å². The lowest BCUT2D eigenvalue weighted by Crippen LogP contribution is -2.27. The summed E-state index contributed by atoms with van der Waals surface area (Å²) in [4.78, 5) is 12.6. The summed E-state index contributed by atoms with van der Waals surface area (Å²) in [6.07, 6.45) is 1.72. The van der Waals surface area contributed by atoms with Crippen molar-refractivity contribution in [3.8, 4) is 0 Å². The molecule has 2 nitrogen and oxygen atoms in total. The largest absolute Gasteiger partial charge is 0.324 e. The Morgan fingerprint density at radius 2 is 1.76 bits per heavy atom. The number of rotatable bonds is 3. The van der Waals surface area contributed by atoms with Crippen LogP contribution in [0.4, 0.5) is 5.69 Å². The highest BCUT2D eigenvalue weighted by Crippen LogP contribution is 2.49. The van der Waals surface area contributed by atoms with Gasteiger partial charge in [0.25, 0.3) is 0 Å². The Kier molecular flexibility index (Phi) is 3.68. The zero-order chi connectivity index (χ0) is 15.0. The number of hydrogen-bond donors (Lipinski definition) is 1. The monoisotopic (exact) mass is 319 g/mol. The summed E-state index contributed by atoms with van der Waals surface area (Å²) in [6, 6.07) is 13.4. The quantitative estimate of drug-likeness (QED) is 0.850. The normalized spacial score (nSPS) is 15.6. The fraction of sp³-hybridized carbons (Fsp3) is 0.235. The van der Waals surface area contributed by atoms with E-state index < -0.39 is 5.41 Å². The van der Waals surface area contributed by atoms with Gasteiger partial charge in [-0.3, -0.25) is 4.79 Å². The van der Waals surface area contributed by atoms with Crippen LogP contribution in [0.1, 0.15) is 24.0 Å². The molecule has 1 fully saturated rings. The van der Waals surface area contributed by atoms with Gasteiger partial charge in [0.1, 0.15) is 0 Å². The second kappa shape index (κ2) is 5.36. The fourth-order valence-electron chi connectivity index (χ4n) is 2.49. The van der Waals surface area contributed by atoms with Gasteiger partial charge in [-0.2, -0.15) is 0 Å². The number of amides is 1. The lowest BCUT2D eigenvalue weighted by molar-refractivity contribution is -0.118. The molecule has 21 heavy (non-hydrogen) atoms. The minimum atomic E-state index is -0.417. The van der Waals surface area contributed by atoms with Crippen molar-refractivity contribution in [1.29, 1.82) is 0 Å². The average molecular weight is 320 g/mol. The maximum absolute atomic E-state index is 12.6. The van der Waals surface area contributed by atoms with Gasteiger partial charge >= 0.3 is 0 Å². The minimum Gasteiger partial charge on any atom is -0.324 e. The van der Waals surface area contributed by atoms with Crippen molar-refractivity contribution in [1.82, 2.24) is 0 Å². The van der Waals surface area contributed by atoms with Gasteiger partial charge in [0.05, 0.1) is 21.1 Å². The molecule has 0 saturated heterocycles. The molecule has 2 aromatic rings. The van der Waals surface area contributed by atoms with Gasteiger partial charge in [0, 0.05) is 0 Å². The van der Waals surface area contributed by atoms with Crippen molar-refractivity contribution < 1.29 is 4.79 Å². The number of benzene rings is 2. The highest BCUT2D eigenvalue weighted by atomic mass is 35.5. The molecule has 2 aromatic carbocycles. The molecule has 1 aliphatic carbocycles. The molecule has 1 N–H and O–H groups in total. The van der Waals surface area contributed by atoms with Crippen molar-refractivity contribution >= 4 is 34.8 Å². The van der Waals surface area contributed by atoms with Gasteiger partial charge < -0.3 is 5.32 Å². The third-order valence-electron chi connectivity index (χ3n) is 3.99. The molecule has 0 aliphatic heterocycles. The van der Waals surface area contributed by atoms with Crippen LogP contribution in [0.3, 0.4) is 0 Å². The van der Waals surface area contributed by atoms with E-state index in [-0.39, 0.29) is 5.91 Å². The van der Waals surface area contributed by atoms with E-state index >= 15 is 0 Å². The average Bonchev–Trinajstić information content (AvgIpc) is 3.26. The van der Waals surface area contributed by atoms with Crippen LogP contribution in [0, 0.1) is 6.92 Å². The van der Waals surface area contributed by atoms with E-state index in [1.165, 1.54) is 5.56 Å². The van der Waals surface area contributed by atoms with Gasteiger partial charge in [-0.15, -0.1) is 0 Å². The molecule has 108 valence electrons. The van der Waals surface area contributed by atoms with E-state index in [0.29, 0.717) is 15.7 Å². The van der Waals surface area contributed by atoms with Crippen LogP contribution in [0.15, 0.2) is 42.5 Å². The first kappa shape index (κ1) is 14.4. The van der Waals surface area contributed by atoms with Gasteiger partial charge in [-0.25, -0.2) is 0 Å². The Morgan fingerprint density at radius 1 is 1.10 bits per heavy atom. The molecule has 3 rings (SSSR count). The van der Waals surface area contributed by atoms with Crippen LogP contribution in [-0.4, -0.2) is 5.91 Å². The lowest BCUT2D eigenvalue weighted by Gasteiger charge is -2.17. The SMILES string of the molecule is Cc1ccc(C2(C(=O)Nc3cccc(Cl)c3Cl)CC2)cc1. The van der Waals surface area contributed by atoms with Crippen LogP contribution in [0.2, 0.25) is 10.0 Å². The van der Waals surface area contributed by atoms with E-state index in [1.54, 1.807) is 18.2 Å². The smallest absolute Gasteiger partial charge is 0.235 e. The molecule has 4 heteroatoms. The topological polar surface area (TPSA) is 29.1 Å². The molecule has 1 saturated carbocycles. The van der Waals surface area contributed by atoms with Crippen LogP contribution in [0.5, 0.6) is 0 Å². The standard InChI is InChI=1S/C17H15Cl2NO/c1-11-5-7-12(8-6-11)17(9-10-17)16(21)20-14-4-2-3-13(18)15(14)19/h2-8H,9-10H2,1H3,(H,20,21). The number of aryl methyl sites for hydroxylation is 1. The van der Waals surface area contributed by atoms with E-state index in [2.05, 4.69) is 5.32 Å². The van der Waals surface area contributed by atoms with Crippen LogP contribution in [-0.2, 0) is 10.2 Å². The predicted molar refractivity (Wildman–Crippen MR) is 87.2 cm³/mol. The zero-order valence-electron chi connectivity index (χ0n) is 11.6. The summed E-state index contributed by atoms with van der Waals surface area (Å²) in [7, 11) is 0. The molecule has 0 heterocycles. The number of anilines is 1. The zero-order valence-corrected chi connectivity index (χ0v) is 13.1. The molecular formula is C17H15Cl2NO. The van der Waals surface area contributed by atoms with Gasteiger partial charge in [-0.05, 0) is 37.5 Å². The number of carbonyl (C=O) groups excluding carboxylic acids is 1. The highest BCUT2D eigenvalue weighted by molar-refractivity contribution is 6.44. The van der Waals surface area contributed by atoms with Crippen molar-refractivity contribution in [2.24, 2.45) is 0 Å². The molecule has 0 spiro atoms. The molecule has 0 atom stereocenters. The first-order chi connectivity index (χ1) is 10.0. The Balaban J connectivity index is 1.85. The van der Waals surface area contributed by atoms with Gasteiger partial charge in [0.15, 0.2) is 0 Å². The van der Waals surface area contributed by atoms with Crippen molar-refractivity contribution in [3.05, 3.63) is 63.6 Å². The molecule has 1 amide bonds. The Labute approximate surface area is 134 Å². The Hall–Kier alpha value is -1.51. The Bertz CT molecular complexity index is 690. The molecule has 1 aliphatic rings. The van der Waals surface area contributed by atoms with Crippen LogP contribution < -0.4 is 5.32 Å². The van der Waals surface area contributed by atoms with Crippen molar-refractivity contribution in [2.75, 3.05) is 5.32 Å². The van der Waals surface area contributed by atoms with Crippen molar-refractivity contribution in [3.63, 3.8) is 0 Å². The maximum Gasteiger partial charge on any atom is 0.235 e. The highest BCUT2D eigenvalue weighted by Gasteiger charge is 2.51. The second-order valence-corrected chi connectivity index (χ2v) is 6.29. The number of nitrogens with one attached hydrogen (secondary N) is 1. The summed E-state index contributed by atoms with van der Waals surface area (Å²) in [5.74, 6) is -0.0180. The molecule has 0 radical (unpaired) electrons. The predicted octanol–water partition coefficient (Wildman–Crippen LogP) is 4.97. The van der Waals surface area contributed by atoms with E-state index in [1.807, 2.05) is 31.2 Å². The lowest BCUT2D eigenvalue weighted by atomic mass is 9.94. The summed E-state index contributed by atoms with van der Waals surface area (Å²) >= 11 is 12.1. The molecular weight excluding hydrogens is 305 g/mol. The minimum absolute atomic E-state index is 0.0180. The molecule has 0 bridgehead atoms. The van der Waals surface area contributed by atoms with Crippen LogP contribution >= 0.6 is 23.2 Å². The third kappa shape index (κ3) is 2.66. The third-order valence-corrected chi connectivity index (χ3v) is 4.81. The Morgan fingerprint density at radius 3 is 2.38 bits per heavy atom. The first-order valence-electron chi connectivity index (χ1n) is 6.85. The first-order valence-corrected chi connectivity index (χ1v) is 7.61. The summed E-state index contributed by atoms with van der Waals surface area (Å²) < 4.78 is 0. The van der Waals surface area contributed by atoms with E-state index in [0.717, 1.165) is 18.4 Å². The van der Waals surface area contributed by atoms with E-state index in [4.69, 9.17) is 23.2 Å². The molecule has 0 unspecified atom stereocenters. The van der Waals surface area contributed by atoms with Crippen molar-refractivity contribution in [2.45, 2.75) is 25.2 Å². The van der Waals surface area contributed by atoms with Gasteiger partial charge in [-0.1, -0.05) is 59.1 Å². The maximum atomic E-state index is 12.6. The second-order valence-electron chi connectivity index (χ2n) is 5.50. The number of halogens is 2. The number of hydrogen-bond acceptors (Lipinski definition) is 1.